The van der Waals surface area contributed by atoms with Crippen LogP contribution in [0.1, 0.15) is 24.5 Å². The van der Waals surface area contributed by atoms with Gasteiger partial charge in [-0.2, -0.15) is 0 Å². The van der Waals surface area contributed by atoms with Crippen LogP contribution in [0.5, 0.6) is 0 Å². The van der Waals surface area contributed by atoms with E-state index in [0.717, 1.165) is 0 Å². The van der Waals surface area contributed by atoms with Gasteiger partial charge in [0, 0.05) is 32.7 Å². The van der Waals surface area contributed by atoms with Gasteiger partial charge in [-0.05, 0) is 18.1 Å². The number of hydrogen-bond donors (Lipinski definition) is 1. The van der Waals surface area contributed by atoms with E-state index in [1.807, 2.05) is 18.7 Å². The summed E-state index contributed by atoms with van der Waals surface area (Å²) in [7, 11) is 0. The molecule has 1 fully saturated rings. The van der Waals surface area contributed by atoms with Gasteiger partial charge in [0.2, 0.25) is 11.8 Å². The SMILES string of the molecule is CC(C)Cn1c(C(N)=O)nnc1N1CCN(c2c(F)cccc2F)CC1. The first-order chi connectivity index (χ1) is 12.4. The summed E-state index contributed by atoms with van der Waals surface area (Å²) in [5.74, 6) is -0.819. The first-order valence-electron chi connectivity index (χ1n) is 8.55. The number of primary amides is 1. The van der Waals surface area contributed by atoms with Gasteiger partial charge in [0.15, 0.2) is 0 Å². The van der Waals surface area contributed by atoms with E-state index in [4.69, 9.17) is 5.73 Å². The van der Waals surface area contributed by atoms with Crippen molar-refractivity contribution >= 4 is 17.5 Å². The first kappa shape index (κ1) is 18.1. The van der Waals surface area contributed by atoms with Crippen molar-refractivity contribution in [3.05, 3.63) is 35.7 Å². The summed E-state index contributed by atoms with van der Waals surface area (Å²) in [4.78, 5) is 15.2. The highest BCUT2D eigenvalue weighted by Gasteiger charge is 2.27. The third-order valence-electron chi connectivity index (χ3n) is 4.32. The molecule has 1 amide bonds. The fourth-order valence-corrected chi connectivity index (χ4v) is 3.17. The van der Waals surface area contributed by atoms with Crippen LogP contribution in [-0.4, -0.2) is 46.9 Å². The highest BCUT2D eigenvalue weighted by molar-refractivity contribution is 5.89. The topological polar surface area (TPSA) is 80.3 Å². The molecule has 0 atom stereocenters. The van der Waals surface area contributed by atoms with Crippen molar-refractivity contribution in [1.82, 2.24) is 14.8 Å². The summed E-state index contributed by atoms with van der Waals surface area (Å²) in [6.07, 6.45) is 0. The number of benzene rings is 1. The van der Waals surface area contributed by atoms with Gasteiger partial charge in [0.05, 0.1) is 0 Å². The van der Waals surface area contributed by atoms with Crippen molar-refractivity contribution < 1.29 is 13.6 Å². The predicted octanol–water partition coefficient (Wildman–Crippen LogP) is 1.64. The molecule has 2 heterocycles. The molecule has 7 nitrogen and oxygen atoms in total. The summed E-state index contributed by atoms with van der Waals surface area (Å²) in [5.41, 5.74) is 5.39. The van der Waals surface area contributed by atoms with E-state index in [1.165, 1.54) is 18.2 Å². The zero-order valence-corrected chi connectivity index (χ0v) is 14.8. The van der Waals surface area contributed by atoms with Crippen LogP contribution >= 0.6 is 0 Å². The fourth-order valence-electron chi connectivity index (χ4n) is 3.17. The van der Waals surface area contributed by atoms with Crippen LogP contribution in [0.15, 0.2) is 18.2 Å². The molecule has 26 heavy (non-hydrogen) atoms. The number of halogens is 2. The van der Waals surface area contributed by atoms with Crippen LogP contribution in [0.3, 0.4) is 0 Å². The van der Waals surface area contributed by atoms with Gasteiger partial charge in [-0.25, -0.2) is 8.78 Å². The zero-order valence-electron chi connectivity index (χ0n) is 14.8. The normalized spacial score (nSPS) is 15.0. The average molecular weight is 364 g/mol. The number of nitrogens with two attached hydrogens (primary N) is 1. The minimum atomic E-state index is -0.628. The summed E-state index contributed by atoms with van der Waals surface area (Å²) < 4.78 is 29.7. The highest BCUT2D eigenvalue weighted by Crippen LogP contribution is 2.25. The number of amides is 1. The molecule has 0 aliphatic carbocycles. The standard InChI is InChI=1S/C17H22F2N6O/c1-11(2)10-25-16(15(20)26)21-22-17(25)24-8-6-23(7-9-24)14-12(18)4-3-5-13(14)19/h3-5,11H,6-10H2,1-2H3,(H2,20,26). The molecule has 2 aromatic rings. The molecule has 140 valence electrons. The van der Waals surface area contributed by atoms with Crippen LogP contribution in [0.25, 0.3) is 0 Å². The largest absolute Gasteiger partial charge is 0.363 e. The van der Waals surface area contributed by atoms with Crippen LogP contribution in [0.2, 0.25) is 0 Å². The van der Waals surface area contributed by atoms with E-state index in [9.17, 15) is 13.6 Å². The second kappa shape index (κ2) is 7.27. The van der Waals surface area contributed by atoms with E-state index in [2.05, 4.69) is 10.2 Å². The third kappa shape index (κ3) is 3.47. The van der Waals surface area contributed by atoms with Gasteiger partial charge in [-0.15, -0.1) is 10.2 Å². The lowest BCUT2D eigenvalue weighted by Gasteiger charge is -2.36. The molecule has 0 spiro atoms. The monoisotopic (exact) mass is 364 g/mol. The number of para-hydroxylation sites is 1. The Hall–Kier alpha value is -2.71. The maximum absolute atomic E-state index is 14.0. The average Bonchev–Trinajstić information content (AvgIpc) is 2.98. The van der Waals surface area contributed by atoms with Crippen LogP contribution < -0.4 is 15.5 Å². The lowest BCUT2D eigenvalue weighted by molar-refractivity contribution is 0.0985. The van der Waals surface area contributed by atoms with Crippen molar-refractivity contribution in [3.63, 3.8) is 0 Å². The highest BCUT2D eigenvalue weighted by atomic mass is 19.1. The lowest BCUT2D eigenvalue weighted by atomic mass is 10.2. The first-order valence-corrected chi connectivity index (χ1v) is 8.55. The Kier molecular flexibility index (Phi) is 5.06. The van der Waals surface area contributed by atoms with Gasteiger partial charge >= 0.3 is 0 Å². The Balaban J connectivity index is 1.79. The van der Waals surface area contributed by atoms with Crippen molar-refractivity contribution in [2.75, 3.05) is 36.0 Å². The summed E-state index contributed by atoms with van der Waals surface area (Å²) in [5, 5.41) is 8.03. The second-order valence-electron chi connectivity index (χ2n) is 6.74. The molecule has 0 saturated carbocycles. The molecule has 1 aromatic heterocycles. The Morgan fingerprint density at radius 1 is 1.12 bits per heavy atom. The van der Waals surface area contributed by atoms with Crippen molar-refractivity contribution in [2.45, 2.75) is 20.4 Å². The van der Waals surface area contributed by atoms with Crippen LogP contribution in [0, 0.1) is 17.6 Å². The number of rotatable bonds is 5. The van der Waals surface area contributed by atoms with Gasteiger partial charge in [-0.3, -0.25) is 9.36 Å². The number of carbonyl (C=O) groups is 1. The van der Waals surface area contributed by atoms with Crippen molar-refractivity contribution in [1.29, 1.82) is 0 Å². The maximum Gasteiger partial charge on any atom is 0.286 e. The van der Waals surface area contributed by atoms with Crippen LogP contribution in [-0.2, 0) is 6.54 Å². The van der Waals surface area contributed by atoms with Gasteiger partial charge in [-0.1, -0.05) is 19.9 Å². The summed E-state index contributed by atoms with van der Waals surface area (Å²) in [6.45, 7) is 6.46. The van der Waals surface area contributed by atoms with Crippen molar-refractivity contribution in [3.8, 4) is 0 Å². The Morgan fingerprint density at radius 3 is 2.23 bits per heavy atom. The van der Waals surface area contributed by atoms with E-state index < -0.39 is 17.5 Å². The minimum absolute atomic E-state index is 0.00591. The minimum Gasteiger partial charge on any atom is -0.363 e. The van der Waals surface area contributed by atoms with E-state index in [-0.39, 0.29) is 17.4 Å². The smallest absolute Gasteiger partial charge is 0.286 e. The molecule has 1 aromatic carbocycles. The number of anilines is 2. The van der Waals surface area contributed by atoms with Gasteiger partial charge in [0.1, 0.15) is 17.3 Å². The molecular formula is C17H22F2N6O. The molecule has 2 N–H and O–H groups in total. The number of carbonyl (C=O) groups excluding carboxylic acids is 1. The molecule has 0 radical (unpaired) electrons. The third-order valence-corrected chi connectivity index (χ3v) is 4.32. The van der Waals surface area contributed by atoms with E-state index in [1.54, 1.807) is 9.47 Å². The fraction of sp³-hybridized carbons (Fsp3) is 0.471. The maximum atomic E-state index is 14.0. The number of nitrogens with zero attached hydrogens (tertiary/aromatic N) is 5. The van der Waals surface area contributed by atoms with E-state index in [0.29, 0.717) is 38.7 Å². The number of aromatic nitrogens is 3. The molecule has 9 heteroatoms. The Labute approximate surface area is 150 Å². The molecular weight excluding hydrogens is 342 g/mol. The van der Waals surface area contributed by atoms with Crippen LogP contribution in [0.4, 0.5) is 20.4 Å². The Morgan fingerprint density at radius 2 is 1.69 bits per heavy atom. The predicted molar refractivity (Wildman–Crippen MR) is 94.2 cm³/mol. The van der Waals surface area contributed by atoms with Gasteiger partial charge in [0.25, 0.3) is 5.91 Å². The molecule has 0 bridgehead atoms. The lowest BCUT2D eigenvalue weighted by Crippen LogP contribution is -2.48. The number of hydrogen-bond acceptors (Lipinski definition) is 5. The molecule has 0 unspecified atom stereocenters. The summed E-state index contributed by atoms with van der Waals surface area (Å²) >= 11 is 0. The molecule has 1 aliphatic rings. The Bertz CT molecular complexity index is 778. The number of piperazine rings is 1. The van der Waals surface area contributed by atoms with Crippen molar-refractivity contribution in [2.24, 2.45) is 11.7 Å². The molecule has 3 rings (SSSR count). The molecule has 1 aliphatic heterocycles. The zero-order chi connectivity index (χ0) is 18.8. The van der Waals surface area contributed by atoms with E-state index >= 15 is 0 Å². The quantitative estimate of drug-likeness (QED) is 0.872. The molecule has 1 saturated heterocycles. The summed E-state index contributed by atoms with van der Waals surface area (Å²) in [6, 6.07) is 3.86. The van der Waals surface area contributed by atoms with Gasteiger partial charge < -0.3 is 15.5 Å². The second-order valence-corrected chi connectivity index (χ2v) is 6.74.